The molecule has 0 radical (unpaired) electrons. The number of nitrogens with two attached hydrogens (primary N) is 1. The fourth-order valence-corrected chi connectivity index (χ4v) is 0. The summed E-state index contributed by atoms with van der Waals surface area (Å²) in [4.78, 5) is 3.55. The Morgan fingerprint density at radius 1 is 2.00 bits per heavy atom. The Kier molecular flexibility index (Phi) is 2.65. The second-order valence-corrected chi connectivity index (χ2v) is 1.01. The van der Waals surface area contributed by atoms with Crippen molar-refractivity contribution in [1.82, 2.24) is 0 Å². The van der Waals surface area contributed by atoms with Gasteiger partial charge in [0, 0.05) is 0 Å². The average molecular weight is 97.0 g/mol. The summed E-state index contributed by atoms with van der Waals surface area (Å²) in [6, 6.07) is 0. The molecule has 0 aliphatic carbocycles. The molecule has 2 N–H and O–H groups in total. The summed E-state index contributed by atoms with van der Waals surface area (Å²) < 4.78 is 11.0. The lowest BCUT2D eigenvalue weighted by Crippen LogP contribution is -2.02. The average Bonchev–Trinajstić information content (AvgIpc) is 1.38. The van der Waals surface area contributed by atoms with Gasteiger partial charge in [-0.15, -0.1) is 0 Å². The maximum absolute atomic E-state index is 11.0. The summed E-state index contributed by atoms with van der Waals surface area (Å²) in [7, 11) is 1.72. The number of hydrogen-bond acceptors (Lipinski definition) is 2. The monoisotopic (exact) mass is 97.0 g/mol. The largest absolute Gasteiger partial charge is 0.264 e. The standard InChI is InChI=1S/CH5FNOP/c2-1(5)4-3/h1H,3,5H2. The van der Waals surface area contributed by atoms with E-state index in [9.17, 15) is 4.39 Å². The normalized spacial score (nSPS) is 15.0. The minimum Gasteiger partial charge on any atom is -0.264 e. The fraction of sp³-hybridized carbons (Fsp3) is 1.00. The van der Waals surface area contributed by atoms with Crippen molar-refractivity contribution < 1.29 is 9.23 Å². The van der Waals surface area contributed by atoms with Gasteiger partial charge in [-0.2, -0.15) is 0 Å². The van der Waals surface area contributed by atoms with Crippen molar-refractivity contribution in [3.63, 3.8) is 0 Å². The molecule has 0 saturated carbocycles. The van der Waals surface area contributed by atoms with Gasteiger partial charge < -0.3 is 0 Å². The minimum atomic E-state index is -1.42. The summed E-state index contributed by atoms with van der Waals surface area (Å²) in [5.74, 6) is 4.28. The van der Waals surface area contributed by atoms with Gasteiger partial charge >= 0.3 is 0 Å². The zero-order valence-corrected chi connectivity index (χ0v) is 3.67. The van der Waals surface area contributed by atoms with E-state index in [0.717, 1.165) is 0 Å². The smallest absolute Gasteiger partial charge is 0.228 e. The molecule has 0 fully saturated rings. The van der Waals surface area contributed by atoms with E-state index >= 15 is 0 Å². The summed E-state index contributed by atoms with van der Waals surface area (Å²) in [5.41, 5.74) is 0. The van der Waals surface area contributed by atoms with E-state index in [4.69, 9.17) is 0 Å². The highest BCUT2D eigenvalue weighted by molar-refractivity contribution is 7.16. The molecule has 2 nitrogen and oxygen atoms in total. The summed E-state index contributed by atoms with van der Waals surface area (Å²) >= 11 is 0. The highest BCUT2D eigenvalue weighted by Gasteiger charge is 1.85. The molecule has 5 heavy (non-hydrogen) atoms. The topological polar surface area (TPSA) is 35.2 Å². The molecule has 0 saturated heterocycles. The van der Waals surface area contributed by atoms with Gasteiger partial charge in [0.2, 0.25) is 6.10 Å². The van der Waals surface area contributed by atoms with E-state index in [-0.39, 0.29) is 0 Å². The van der Waals surface area contributed by atoms with E-state index in [1.807, 2.05) is 0 Å². The van der Waals surface area contributed by atoms with Crippen LogP contribution < -0.4 is 5.90 Å². The predicted octanol–water partition coefficient (Wildman–Crippen LogP) is 0.00490. The Morgan fingerprint density at radius 2 is 2.20 bits per heavy atom. The van der Waals surface area contributed by atoms with Crippen molar-refractivity contribution in [3.8, 4) is 0 Å². The zero-order chi connectivity index (χ0) is 4.28. The highest BCUT2D eigenvalue weighted by atomic mass is 31.0. The lowest BCUT2D eigenvalue weighted by atomic mass is 11.6. The van der Waals surface area contributed by atoms with Gasteiger partial charge in [-0.1, -0.05) is 9.24 Å². The molecule has 0 aromatic carbocycles. The second-order valence-electron chi connectivity index (χ2n) is 0.487. The van der Waals surface area contributed by atoms with Gasteiger partial charge in [0.05, 0.1) is 0 Å². The van der Waals surface area contributed by atoms with Crippen molar-refractivity contribution in [1.29, 1.82) is 0 Å². The lowest BCUT2D eigenvalue weighted by molar-refractivity contribution is 0.0269. The van der Waals surface area contributed by atoms with Crippen LogP contribution in [-0.2, 0) is 4.84 Å². The molecular weight excluding hydrogens is 92.0 g/mol. The van der Waals surface area contributed by atoms with Crippen molar-refractivity contribution in [3.05, 3.63) is 0 Å². The molecule has 0 heterocycles. The van der Waals surface area contributed by atoms with Crippen molar-refractivity contribution in [2.75, 3.05) is 0 Å². The van der Waals surface area contributed by atoms with Gasteiger partial charge in [-0.3, -0.25) is 4.84 Å². The van der Waals surface area contributed by atoms with E-state index in [2.05, 4.69) is 10.7 Å². The van der Waals surface area contributed by atoms with E-state index < -0.39 is 6.10 Å². The quantitative estimate of drug-likeness (QED) is 0.369. The van der Waals surface area contributed by atoms with Gasteiger partial charge in [0.1, 0.15) is 0 Å². The lowest BCUT2D eigenvalue weighted by Gasteiger charge is -1.89. The number of alkyl halides is 1. The first-order valence-electron chi connectivity index (χ1n) is 1.02. The van der Waals surface area contributed by atoms with Crippen LogP contribution in [0.2, 0.25) is 0 Å². The highest BCUT2D eigenvalue weighted by Crippen LogP contribution is 1.96. The van der Waals surface area contributed by atoms with Crippen LogP contribution in [0.4, 0.5) is 4.39 Å². The molecule has 2 unspecified atom stereocenters. The summed E-state index contributed by atoms with van der Waals surface area (Å²) in [5, 5.41) is 0. The molecular formula is CH5FNOP. The summed E-state index contributed by atoms with van der Waals surface area (Å²) in [6.45, 7) is 0. The Bertz CT molecular complexity index is 25.6. The molecule has 0 aliphatic rings. The van der Waals surface area contributed by atoms with Gasteiger partial charge in [-0.05, 0) is 0 Å². The molecule has 0 aliphatic heterocycles. The minimum absolute atomic E-state index is 1.42. The van der Waals surface area contributed by atoms with Gasteiger partial charge in [0.25, 0.3) is 0 Å². The predicted molar refractivity (Wildman–Crippen MR) is 19.9 cm³/mol. The molecule has 32 valence electrons. The Labute approximate surface area is 31.6 Å². The zero-order valence-electron chi connectivity index (χ0n) is 2.52. The van der Waals surface area contributed by atoms with Crippen molar-refractivity contribution >= 4 is 9.24 Å². The SMILES string of the molecule is NOC(F)P. The molecule has 4 heteroatoms. The molecule has 0 spiro atoms. The van der Waals surface area contributed by atoms with Crippen LogP contribution >= 0.6 is 9.24 Å². The number of hydrogen-bond donors (Lipinski definition) is 1. The number of halogens is 1. The first kappa shape index (κ1) is 5.28. The third kappa shape index (κ3) is 4.28. The first-order valence-corrected chi connectivity index (χ1v) is 1.69. The van der Waals surface area contributed by atoms with E-state index in [1.165, 1.54) is 0 Å². The maximum atomic E-state index is 11.0. The van der Waals surface area contributed by atoms with Crippen molar-refractivity contribution in [2.24, 2.45) is 5.90 Å². The Balaban J connectivity index is 2.54. The second kappa shape index (κ2) is 2.51. The summed E-state index contributed by atoms with van der Waals surface area (Å²) in [6.07, 6.45) is -1.42. The van der Waals surface area contributed by atoms with Crippen LogP contribution in [0.1, 0.15) is 0 Å². The molecule has 0 aromatic rings. The first-order chi connectivity index (χ1) is 2.27. The molecule has 2 atom stereocenters. The van der Waals surface area contributed by atoms with Crippen LogP contribution in [0, 0.1) is 0 Å². The van der Waals surface area contributed by atoms with Crippen LogP contribution in [0.3, 0.4) is 0 Å². The molecule has 0 rings (SSSR count). The van der Waals surface area contributed by atoms with Gasteiger partial charge in [-0.25, -0.2) is 10.3 Å². The van der Waals surface area contributed by atoms with E-state index in [1.54, 1.807) is 9.24 Å². The molecule has 0 bridgehead atoms. The maximum Gasteiger partial charge on any atom is 0.228 e. The third-order valence-corrected chi connectivity index (χ3v) is 0.287. The Morgan fingerprint density at radius 3 is 2.20 bits per heavy atom. The molecule has 0 amide bonds. The van der Waals surface area contributed by atoms with Gasteiger partial charge in [0.15, 0.2) is 0 Å². The van der Waals surface area contributed by atoms with Crippen LogP contribution in [-0.4, -0.2) is 6.10 Å². The Hall–Kier alpha value is 0.280. The van der Waals surface area contributed by atoms with E-state index in [0.29, 0.717) is 0 Å². The number of rotatable bonds is 1. The van der Waals surface area contributed by atoms with Crippen LogP contribution in [0.15, 0.2) is 0 Å². The van der Waals surface area contributed by atoms with Crippen molar-refractivity contribution in [2.45, 2.75) is 6.10 Å². The fourth-order valence-electron chi connectivity index (χ4n) is 0. The van der Waals surface area contributed by atoms with Crippen LogP contribution in [0.5, 0.6) is 0 Å². The molecule has 0 aromatic heterocycles. The third-order valence-electron chi connectivity index (χ3n) is 0.130. The van der Waals surface area contributed by atoms with Crippen LogP contribution in [0.25, 0.3) is 0 Å².